The number of halogens is 6. The highest BCUT2D eigenvalue weighted by Crippen LogP contribution is 2.47. The predicted molar refractivity (Wildman–Crippen MR) is 223 cm³/mol. The number of alkyl halides is 2. The maximum Gasteiger partial charge on any atom is 0.304 e. The van der Waals surface area contributed by atoms with Crippen molar-refractivity contribution in [2.24, 2.45) is 0 Å². The number of aryl methyl sites for hydroxylation is 2. The minimum atomic E-state index is -4.42. The zero-order chi connectivity index (χ0) is 39.3. The molecular formula is C40H36Cl4F2N4O3S3. The third kappa shape index (κ3) is 7.85. The van der Waals surface area contributed by atoms with Crippen LogP contribution in [0.1, 0.15) is 97.4 Å². The zero-order valence-electron chi connectivity index (χ0n) is 29.9. The first-order valence-corrected chi connectivity index (χ1v) is 23.1. The summed E-state index contributed by atoms with van der Waals surface area (Å²) < 4.78 is 69.0. The van der Waals surface area contributed by atoms with Crippen LogP contribution in [0.15, 0.2) is 58.1 Å². The molecule has 2 aliphatic rings. The molecular weight excluding hydrogens is 860 g/mol. The molecule has 8 rings (SSSR count). The summed E-state index contributed by atoms with van der Waals surface area (Å²) >= 11 is 28.1. The van der Waals surface area contributed by atoms with Gasteiger partial charge in [0.25, 0.3) is 0 Å². The number of unbranched alkanes of at least 4 members (excludes halogenated alkanes) is 5. The van der Waals surface area contributed by atoms with E-state index in [9.17, 15) is 13.0 Å². The van der Waals surface area contributed by atoms with E-state index in [0.717, 1.165) is 71.6 Å². The molecule has 0 fully saturated rings. The first kappa shape index (κ1) is 40.0. The van der Waals surface area contributed by atoms with Crippen molar-refractivity contribution in [3.8, 4) is 32.5 Å². The van der Waals surface area contributed by atoms with Crippen LogP contribution < -0.4 is 0 Å². The standard InChI is InChI=1S/C40H36Cl4F2N4O3S3/c41-24-11-15-32(28(43)20-24)49-37-26(13-9-22-17-18-54-39(22)37)35(47-49)30(45)7-5-3-1-2-4-6-8-31(46)36-27-14-10-23-19-34(56(51,52)53)55-40(23)38(27)50(48-36)33-16-12-25(42)21-29(33)44/h11-12,15-21,30-31H,1-10,13-14H2,(H,51,52,53). The molecule has 0 radical (unpaired) electrons. The topological polar surface area (TPSA) is 90.0 Å². The molecule has 4 aromatic heterocycles. The Bertz CT molecular complexity index is 2550. The van der Waals surface area contributed by atoms with Gasteiger partial charge in [-0.2, -0.15) is 18.6 Å². The van der Waals surface area contributed by atoms with E-state index in [-0.39, 0.29) is 10.6 Å². The molecule has 0 saturated carbocycles. The Labute approximate surface area is 351 Å². The Morgan fingerprint density at radius 3 is 1.70 bits per heavy atom. The number of thiophene rings is 2. The van der Waals surface area contributed by atoms with Crippen molar-refractivity contribution in [2.75, 3.05) is 0 Å². The number of fused-ring (bicyclic) bond motifs is 6. The number of benzene rings is 2. The minimum Gasteiger partial charge on any atom is -0.281 e. The SMILES string of the molecule is O=S(=O)(O)c1cc2c(s1)-c1c(c(C(F)CCCCCCCCC(F)c3nn(-c4ccc(Cl)cc4Cl)c4c3CCc3ccsc3-4)nn1-c1ccc(Cl)cc1Cl)CC2. The number of hydrogen-bond donors (Lipinski definition) is 1. The highest BCUT2D eigenvalue weighted by molar-refractivity contribution is 7.88. The first-order valence-electron chi connectivity index (χ1n) is 18.5. The molecule has 2 aliphatic carbocycles. The highest BCUT2D eigenvalue weighted by Gasteiger charge is 2.34. The van der Waals surface area contributed by atoms with E-state index in [1.807, 2.05) is 6.07 Å². The fourth-order valence-electron chi connectivity index (χ4n) is 7.86. The van der Waals surface area contributed by atoms with E-state index in [2.05, 4.69) is 11.4 Å². The van der Waals surface area contributed by atoms with Crippen LogP contribution in [-0.2, 0) is 35.8 Å². The van der Waals surface area contributed by atoms with Gasteiger partial charge in [-0.1, -0.05) is 84.9 Å². The van der Waals surface area contributed by atoms with Gasteiger partial charge in [-0.3, -0.25) is 4.55 Å². The second kappa shape index (κ2) is 16.4. The van der Waals surface area contributed by atoms with Crippen molar-refractivity contribution in [1.82, 2.24) is 19.6 Å². The Morgan fingerprint density at radius 1 is 0.679 bits per heavy atom. The molecule has 7 nitrogen and oxygen atoms in total. The van der Waals surface area contributed by atoms with Crippen molar-refractivity contribution in [2.45, 2.75) is 93.6 Å². The smallest absolute Gasteiger partial charge is 0.281 e. The second-order valence-electron chi connectivity index (χ2n) is 14.2. The zero-order valence-corrected chi connectivity index (χ0v) is 35.4. The normalized spacial score (nSPS) is 14.6. The van der Waals surface area contributed by atoms with Crippen LogP contribution >= 0.6 is 69.1 Å². The summed E-state index contributed by atoms with van der Waals surface area (Å²) in [5, 5.41) is 13.3. The van der Waals surface area contributed by atoms with Gasteiger partial charge in [-0.05, 0) is 104 Å². The quantitative estimate of drug-likeness (QED) is 0.0869. The fourth-order valence-corrected chi connectivity index (χ4v) is 11.8. The van der Waals surface area contributed by atoms with E-state index < -0.39 is 22.5 Å². The molecule has 0 saturated heterocycles. The molecule has 2 aromatic carbocycles. The molecule has 2 atom stereocenters. The van der Waals surface area contributed by atoms with Crippen molar-refractivity contribution in [3.05, 3.63) is 108 Å². The molecule has 0 aliphatic heterocycles. The van der Waals surface area contributed by atoms with Gasteiger partial charge in [0, 0.05) is 21.2 Å². The van der Waals surface area contributed by atoms with Gasteiger partial charge in [0.15, 0.2) is 0 Å². The van der Waals surface area contributed by atoms with Crippen molar-refractivity contribution in [3.63, 3.8) is 0 Å². The molecule has 16 heteroatoms. The molecule has 4 heterocycles. The molecule has 2 unspecified atom stereocenters. The van der Waals surface area contributed by atoms with Crippen LogP contribution in [0.25, 0.3) is 32.5 Å². The van der Waals surface area contributed by atoms with E-state index in [1.165, 1.54) is 11.6 Å². The van der Waals surface area contributed by atoms with E-state index in [1.54, 1.807) is 51.0 Å². The number of nitrogens with zero attached hydrogens (tertiary/aromatic N) is 4. The van der Waals surface area contributed by atoms with Crippen molar-refractivity contribution in [1.29, 1.82) is 0 Å². The molecule has 0 spiro atoms. The average molecular weight is 897 g/mol. The molecule has 1 N–H and O–H groups in total. The van der Waals surface area contributed by atoms with Crippen LogP contribution in [0.4, 0.5) is 8.78 Å². The lowest BCUT2D eigenvalue weighted by Crippen LogP contribution is -2.05. The van der Waals surface area contributed by atoms with Crippen molar-refractivity contribution < 1.29 is 21.8 Å². The van der Waals surface area contributed by atoms with E-state index in [0.29, 0.717) is 91.1 Å². The second-order valence-corrected chi connectivity index (χ2v) is 19.5. The van der Waals surface area contributed by atoms with Gasteiger partial charge in [0.05, 0.1) is 42.6 Å². The lowest BCUT2D eigenvalue weighted by atomic mass is 9.92. The van der Waals surface area contributed by atoms with Crippen LogP contribution in [-0.4, -0.2) is 32.5 Å². The molecule has 6 aromatic rings. The summed E-state index contributed by atoms with van der Waals surface area (Å²) in [5.74, 6) is 0. The third-order valence-electron chi connectivity index (χ3n) is 10.6. The fraction of sp³-hybridized carbons (Fsp3) is 0.350. The largest absolute Gasteiger partial charge is 0.304 e. The van der Waals surface area contributed by atoms with Gasteiger partial charge in [0.2, 0.25) is 0 Å². The summed E-state index contributed by atoms with van der Waals surface area (Å²) in [5.41, 5.74) is 7.09. The minimum absolute atomic E-state index is 0.169. The number of rotatable bonds is 14. The Kier molecular flexibility index (Phi) is 11.7. The van der Waals surface area contributed by atoms with E-state index in [4.69, 9.17) is 56.6 Å². The summed E-state index contributed by atoms with van der Waals surface area (Å²) in [6, 6.07) is 13.8. The van der Waals surface area contributed by atoms with Crippen molar-refractivity contribution >= 4 is 79.2 Å². The highest BCUT2D eigenvalue weighted by atomic mass is 35.5. The summed E-state index contributed by atoms with van der Waals surface area (Å²) in [6.07, 6.45) is 5.45. The van der Waals surface area contributed by atoms with Crippen LogP contribution in [0.2, 0.25) is 20.1 Å². The Morgan fingerprint density at radius 2 is 1.18 bits per heavy atom. The van der Waals surface area contributed by atoms with Crippen LogP contribution in [0.5, 0.6) is 0 Å². The maximum absolute atomic E-state index is 16.1. The van der Waals surface area contributed by atoms with Gasteiger partial charge >= 0.3 is 10.1 Å². The maximum atomic E-state index is 16.1. The number of aromatic nitrogens is 4. The molecule has 56 heavy (non-hydrogen) atoms. The number of hydrogen-bond acceptors (Lipinski definition) is 6. The summed E-state index contributed by atoms with van der Waals surface area (Å²) in [4.78, 5) is 1.71. The summed E-state index contributed by atoms with van der Waals surface area (Å²) in [7, 11) is -4.42. The van der Waals surface area contributed by atoms with Gasteiger partial charge < -0.3 is 0 Å². The van der Waals surface area contributed by atoms with Crippen LogP contribution in [0.3, 0.4) is 0 Å². The predicted octanol–water partition coefficient (Wildman–Crippen LogP) is 13.4. The van der Waals surface area contributed by atoms with Gasteiger partial charge in [0.1, 0.15) is 27.9 Å². The monoisotopic (exact) mass is 894 g/mol. The summed E-state index contributed by atoms with van der Waals surface area (Å²) in [6.45, 7) is 0. The van der Waals surface area contributed by atoms with Gasteiger partial charge in [-0.15, -0.1) is 22.7 Å². The van der Waals surface area contributed by atoms with E-state index >= 15 is 8.78 Å². The molecule has 0 bridgehead atoms. The average Bonchev–Trinajstić information content (AvgIpc) is 3.95. The van der Waals surface area contributed by atoms with Crippen LogP contribution in [0, 0.1) is 0 Å². The van der Waals surface area contributed by atoms with Gasteiger partial charge in [-0.25, -0.2) is 18.1 Å². The Balaban J connectivity index is 0.886. The third-order valence-corrected chi connectivity index (χ3v) is 15.1. The lowest BCUT2D eigenvalue weighted by molar-refractivity contribution is 0.298. The first-order chi connectivity index (χ1) is 26.9. The lowest BCUT2D eigenvalue weighted by Gasteiger charge is -2.16. The molecule has 294 valence electrons. The Hall–Kier alpha value is -2.81. The molecule has 0 amide bonds.